The highest BCUT2D eigenvalue weighted by Gasteiger charge is 2.25. The number of nitrogens with zero attached hydrogens (tertiary/aromatic N) is 1. The molecule has 1 aliphatic heterocycles. The van der Waals surface area contributed by atoms with Gasteiger partial charge in [0.25, 0.3) is 0 Å². The highest BCUT2D eigenvalue weighted by atomic mass is 32.1. The van der Waals surface area contributed by atoms with Gasteiger partial charge in [-0.3, -0.25) is 4.90 Å². The van der Waals surface area contributed by atoms with Gasteiger partial charge < -0.3 is 10.4 Å². The molecule has 1 aliphatic rings. The van der Waals surface area contributed by atoms with Crippen LogP contribution in [0.4, 0.5) is 16.2 Å². The number of aromatic carboxylic acids is 1. The maximum atomic E-state index is 12.2. The average molecular weight is 288 g/mol. The van der Waals surface area contributed by atoms with Crippen molar-refractivity contribution < 1.29 is 14.7 Å². The van der Waals surface area contributed by atoms with Crippen molar-refractivity contribution >= 4 is 34.7 Å². The first kappa shape index (κ1) is 12.7. The lowest BCUT2D eigenvalue weighted by Gasteiger charge is -2.17. The third-order valence-electron chi connectivity index (χ3n) is 3.24. The van der Waals surface area contributed by atoms with E-state index in [1.165, 1.54) is 17.4 Å². The van der Waals surface area contributed by atoms with Crippen molar-refractivity contribution in [2.45, 2.75) is 6.42 Å². The highest BCUT2D eigenvalue weighted by molar-refractivity contribution is 7.08. The Kier molecular flexibility index (Phi) is 3.15. The lowest BCUT2D eigenvalue weighted by atomic mass is 10.1. The normalized spacial score (nSPS) is 13.1. The summed E-state index contributed by atoms with van der Waals surface area (Å²) in [6.45, 7) is 0.564. The predicted molar refractivity (Wildman–Crippen MR) is 77.8 cm³/mol. The fourth-order valence-corrected chi connectivity index (χ4v) is 2.86. The summed E-state index contributed by atoms with van der Waals surface area (Å²) in [5.74, 6) is -0.950. The van der Waals surface area contributed by atoms with Crippen molar-refractivity contribution in [2.24, 2.45) is 0 Å². The number of anilines is 2. The van der Waals surface area contributed by atoms with Crippen LogP contribution in [0.15, 0.2) is 35.0 Å². The summed E-state index contributed by atoms with van der Waals surface area (Å²) >= 11 is 1.52. The molecule has 2 amide bonds. The molecule has 0 saturated carbocycles. The maximum absolute atomic E-state index is 12.2. The topological polar surface area (TPSA) is 69.6 Å². The quantitative estimate of drug-likeness (QED) is 0.892. The molecule has 0 fully saturated rings. The van der Waals surface area contributed by atoms with Crippen LogP contribution in [0.2, 0.25) is 0 Å². The molecular weight excluding hydrogens is 276 g/mol. The van der Waals surface area contributed by atoms with Crippen LogP contribution in [0.1, 0.15) is 15.9 Å². The number of fused-ring (bicyclic) bond motifs is 1. The number of hydrogen-bond donors (Lipinski definition) is 2. The molecule has 0 spiro atoms. The number of amides is 2. The number of rotatable bonds is 2. The molecule has 2 aromatic rings. The van der Waals surface area contributed by atoms with E-state index in [9.17, 15) is 9.59 Å². The van der Waals surface area contributed by atoms with Crippen LogP contribution in [0, 0.1) is 0 Å². The Morgan fingerprint density at radius 2 is 2.15 bits per heavy atom. The number of benzene rings is 1. The summed E-state index contributed by atoms with van der Waals surface area (Å²) in [4.78, 5) is 24.8. The van der Waals surface area contributed by atoms with E-state index in [-0.39, 0.29) is 11.6 Å². The molecule has 5 nitrogen and oxygen atoms in total. The van der Waals surface area contributed by atoms with Gasteiger partial charge in [-0.1, -0.05) is 0 Å². The summed E-state index contributed by atoms with van der Waals surface area (Å²) in [5.41, 5.74) is 2.70. The van der Waals surface area contributed by atoms with Crippen molar-refractivity contribution in [2.75, 3.05) is 16.8 Å². The van der Waals surface area contributed by atoms with E-state index in [1.54, 1.807) is 17.0 Å². The van der Waals surface area contributed by atoms with Gasteiger partial charge in [-0.15, -0.1) is 0 Å². The summed E-state index contributed by atoms with van der Waals surface area (Å²) in [6.07, 6.45) is 0.674. The Bertz CT molecular complexity index is 667. The van der Waals surface area contributed by atoms with Gasteiger partial charge in [-0.2, -0.15) is 11.3 Å². The van der Waals surface area contributed by atoms with Crippen LogP contribution in [-0.4, -0.2) is 23.7 Å². The minimum absolute atomic E-state index is 0.190. The minimum atomic E-state index is -0.950. The number of thiophene rings is 1. The summed E-state index contributed by atoms with van der Waals surface area (Å²) in [5, 5.41) is 15.6. The van der Waals surface area contributed by atoms with E-state index >= 15 is 0 Å². The molecule has 1 aromatic carbocycles. The fraction of sp³-hybridized carbons (Fsp3) is 0.143. The monoisotopic (exact) mass is 288 g/mol. The number of carbonyl (C=O) groups excluding carboxylic acids is 1. The Balaban J connectivity index is 1.82. The van der Waals surface area contributed by atoms with Gasteiger partial charge >= 0.3 is 12.0 Å². The standard InChI is InChI=1S/C14H12N2O3S/c17-13(18)10-1-2-12-9(7-10)3-5-16(12)14(19)15-11-4-6-20-8-11/h1-2,4,6-8H,3,5H2,(H,15,19)(H,17,18). The Labute approximate surface area is 119 Å². The summed E-state index contributed by atoms with van der Waals surface area (Å²) in [7, 11) is 0. The zero-order valence-electron chi connectivity index (χ0n) is 10.5. The van der Waals surface area contributed by atoms with E-state index in [0.29, 0.717) is 13.0 Å². The molecule has 3 rings (SSSR count). The molecule has 2 heterocycles. The smallest absolute Gasteiger partial charge is 0.335 e. The molecule has 0 radical (unpaired) electrons. The van der Waals surface area contributed by atoms with E-state index in [0.717, 1.165) is 16.9 Å². The second-order valence-corrected chi connectivity index (χ2v) is 5.27. The first-order valence-corrected chi connectivity index (χ1v) is 7.06. The average Bonchev–Trinajstić information content (AvgIpc) is 3.06. The van der Waals surface area contributed by atoms with Crippen molar-refractivity contribution in [3.63, 3.8) is 0 Å². The van der Waals surface area contributed by atoms with Crippen LogP contribution in [0.3, 0.4) is 0 Å². The first-order valence-electron chi connectivity index (χ1n) is 6.12. The van der Waals surface area contributed by atoms with Crippen LogP contribution >= 0.6 is 11.3 Å². The Hall–Kier alpha value is -2.34. The zero-order valence-corrected chi connectivity index (χ0v) is 11.3. The van der Waals surface area contributed by atoms with Gasteiger partial charge in [0.05, 0.1) is 11.3 Å². The van der Waals surface area contributed by atoms with E-state index in [1.807, 2.05) is 16.8 Å². The fourth-order valence-electron chi connectivity index (χ4n) is 2.27. The van der Waals surface area contributed by atoms with Crippen molar-refractivity contribution in [1.82, 2.24) is 0 Å². The molecule has 102 valence electrons. The number of nitrogens with one attached hydrogen (secondary N) is 1. The molecular formula is C14H12N2O3S. The van der Waals surface area contributed by atoms with E-state index in [4.69, 9.17) is 5.11 Å². The lowest BCUT2D eigenvalue weighted by molar-refractivity contribution is 0.0697. The van der Waals surface area contributed by atoms with Gasteiger partial charge in [-0.05, 0) is 41.6 Å². The molecule has 0 aliphatic carbocycles. The van der Waals surface area contributed by atoms with Crippen molar-refractivity contribution in [3.8, 4) is 0 Å². The third-order valence-corrected chi connectivity index (χ3v) is 3.92. The SMILES string of the molecule is O=C(O)c1ccc2c(c1)CCN2C(=O)Nc1ccsc1. The largest absolute Gasteiger partial charge is 0.478 e. The summed E-state index contributed by atoms with van der Waals surface area (Å²) < 4.78 is 0. The predicted octanol–water partition coefficient (Wildman–Crippen LogP) is 3.04. The highest BCUT2D eigenvalue weighted by Crippen LogP contribution is 2.29. The zero-order chi connectivity index (χ0) is 14.1. The number of hydrogen-bond acceptors (Lipinski definition) is 3. The molecule has 2 N–H and O–H groups in total. The number of carboxylic acids is 1. The minimum Gasteiger partial charge on any atom is -0.478 e. The summed E-state index contributed by atoms with van der Waals surface area (Å²) in [6, 6.07) is 6.50. The lowest BCUT2D eigenvalue weighted by Crippen LogP contribution is -2.33. The number of carboxylic acid groups (broad SMARTS) is 1. The first-order chi connectivity index (χ1) is 9.65. The van der Waals surface area contributed by atoms with Crippen LogP contribution in [0.5, 0.6) is 0 Å². The number of carbonyl (C=O) groups is 2. The molecule has 1 aromatic heterocycles. The molecule has 0 atom stereocenters. The second-order valence-electron chi connectivity index (χ2n) is 4.49. The Morgan fingerprint density at radius 3 is 2.85 bits per heavy atom. The van der Waals surface area contributed by atoms with E-state index in [2.05, 4.69) is 5.32 Å². The molecule has 0 unspecified atom stereocenters. The van der Waals surface area contributed by atoms with Crippen LogP contribution < -0.4 is 10.2 Å². The molecule has 6 heteroatoms. The molecule has 20 heavy (non-hydrogen) atoms. The second kappa shape index (κ2) is 4.97. The third kappa shape index (κ3) is 2.25. The van der Waals surface area contributed by atoms with E-state index < -0.39 is 5.97 Å². The van der Waals surface area contributed by atoms with Gasteiger partial charge in [0.15, 0.2) is 0 Å². The van der Waals surface area contributed by atoms with Gasteiger partial charge in [0.2, 0.25) is 0 Å². The van der Waals surface area contributed by atoms with Gasteiger partial charge in [0.1, 0.15) is 0 Å². The molecule has 0 saturated heterocycles. The van der Waals surface area contributed by atoms with Gasteiger partial charge in [-0.25, -0.2) is 9.59 Å². The number of urea groups is 1. The molecule has 0 bridgehead atoms. The maximum Gasteiger partial charge on any atom is 0.335 e. The van der Waals surface area contributed by atoms with Crippen LogP contribution in [0.25, 0.3) is 0 Å². The van der Waals surface area contributed by atoms with Crippen LogP contribution in [-0.2, 0) is 6.42 Å². The van der Waals surface area contributed by atoms with Crippen molar-refractivity contribution in [1.29, 1.82) is 0 Å². The Morgan fingerprint density at radius 1 is 1.30 bits per heavy atom. The van der Waals surface area contributed by atoms with Gasteiger partial charge in [0, 0.05) is 17.6 Å². The van der Waals surface area contributed by atoms with Crippen molar-refractivity contribution in [3.05, 3.63) is 46.2 Å².